The summed E-state index contributed by atoms with van der Waals surface area (Å²) in [5, 5.41) is 0. The molecule has 2 saturated carbocycles. The highest BCUT2D eigenvalue weighted by molar-refractivity contribution is 4.96. The molecule has 2 aliphatic carbocycles. The molecule has 0 bridgehead atoms. The monoisotopic (exact) mass is 180 g/mol. The van der Waals surface area contributed by atoms with Crippen molar-refractivity contribution in [2.75, 3.05) is 0 Å². The maximum atomic E-state index is 2.32. The minimum atomic E-state index is 1.16. The van der Waals surface area contributed by atoms with E-state index in [9.17, 15) is 0 Å². The molecule has 0 aromatic rings. The molecule has 1 unspecified atom stereocenters. The van der Waals surface area contributed by atoms with Crippen molar-refractivity contribution in [3.05, 3.63) is 0 Å². The fourth-order valence-electron chi connectivity index (χ4n) is 3.36. The molecule has 0 heteroatoms. The van der Waals surface area contributed by atoms with Crippen LogP contribution in [-0.2, 0) is 0 Å². The van der Waals surface area contributed by atoms with Crippen molar-refractivity contribution in [2.24, 2.45) is 17.8 Å². The predicted octanol–water partition coefficient (Wildman–Crippen LogP) is 4.39. The van der Waals surface area contributed by atoms with Crippen LogP contribution < -0.4 is 0 Å². The third kappa shape index (κ3) is 2.27. The van der Waals surface area contributed by atoms with Gasteiger partial charge >= 0.3 is 0 Å². The van der Waals surface area contributed by atoms with E-state index in [1.165, 1.54) is 50.4 Å². The summed E-state index contributed by atoms with van der Waals surface area (Å²) >= 11 is 0. The van der Waals surface area contributed by atoms with Crippen LogP contribution in [0.4, 0.5) is 0 Å². The summed E-state index contributed by atoms with van der Waals surface area (Å²) < 4.78 is 0. The highest BCUT2D eigenvalue weighted by atomic mass is 14.5. The Morgan fingerprint density at radius 1 is 0.923 bits per heavy atom. The van der Waals surface area contributed by atoms with E-state index in [1.807, 2.05) is 0 Å². The Morgan fingerprint density at radius 2 is 1.54 bits per heavy atom. The van der Waals surface area contributed by atoms with Crippen LogP contribution in [0.15, 0.2) is 0 Å². The first-order valence-corrected chi connectivity index (χ1v) is 6.43. The third-order valence-electron chi connectivity index (χ3n) is 4.22. The van der Waals surface area contributed by atoms with Gasteiger partial charge in [-0.3, -0.25) is 0 Å². The predicted molar refractivity (Wildman–Crippen MR) is 57.7 cm³/mol. The van der Waals surface area contributed by atoms with Crippen molar-refractivity contribution < 1.29 is 0 Å². The number of rotatable bonds is 3. The van der Waals surface area contributed by atoms with Crippen molar-refractivity contribution in [3.8, 4) is 0 Å². The SMILES string of the molecule is CCCCC1[C@H]2CCCCCC[C@@H]12. The van der Waals surface area contributed by atoms with Crippen LogP contribution in [0.25, 0.3) is 0 Å². The zero-order valence-electron chi connectivity index (χ0n) is 9.10. The topological polar surface area (TPSA) is 0 Å². The van der Waals surface area contributed by atoms with E-state index in [0.29, 0.717) is 0 Å². The minimum absolute atomic E-state index is 1.16. The lowest BCUT2D eigenvalue weighted by molar-refractivity contribution is 0.485. The van der Waals surface area contributed by atoms with Crippen LogP contribution in [0.3, 0.4) is 0 Å². The molecular formula is C13H24. The highest BCUT2D eigenvalue weighted by Gasteiger charge is 2.47. The first-order chi connectivity index (χ1) is 6.43. The van der Waals surface area contributed by atoms with Gasteiger partial charge in [0, 0.05) is 0 Å². The lowest BCUT2D eigenvalue weighted by atomic mass is 10.0. The van der Waals surface area contributed by atoms with Gasteiger partial charge in [-0.15, -0.1) is 0 Å². The van der Waals surface area contributed by atoms with E-state index in [4.69, 9.17) is 0 Å². The molecule has 0 nitrogen and oxygen atoms in total. The van der Waals surface area contributed by atoms with Gasteiger partial charge in [-0.05, 0) is 37.0 Å². The molecule has 2 aliphatic rings. The van der Waals surface area contributed by atoms with Gasteiger partial charge < -0.3 is 0 Å². The van der Waals surface area contributed by atoms with Crippen LogP contribution in [0, 0.1) is 17.8 Å². The second kappa shape index (κ2) is 4.48. The van der Waals surface area contributed by atoms with Crippen molar-refractivity contribution in [3.63, 3.8) is 0 Å². The fourth-order valence-corrected chi connectivity index (χ4v) is 3.36. The second-order valence-corrected chi connectivity index (χ2v) is 5.13. The highest BCUT2D eigenvalue weighted by Crippen LogP contribution is 2.55. The minimum Gasteiger partial charge on any atom is -0.0654 e. The maximum absolute atomic E-state index is 2.32. The van der Waals surface area contributed by atoms with Crippen LogP contribution in [0.5, 0.6) is 0 Å². The van der Waals surface area contributed by atoms with Gasteiger partial charge in [-0.2, -0.15) is 0 Å². The molecule has 0 aromatic heterocycles. The molecule has 0 heterocycles. The van der Waals surface area contributed by atoms with Crippen molar-refractivity contribution >= 4 is 0 Å². The molecule has 0 aromatic carbocycles. The molecule has 0 N–H and O–H groups in total. The molecule has 13 heavy (non-hydrogen) atoms. The van der Waals surface area contributed by atoms with Crippen LogP contribution in [0.2, 0.25) is 0 Å². The third-order valence-corrected chi connectivity index (χ3v) is 4.22. The first-order valence-electron chi connectivity index (χ1n) is 6.43. The normalized spacial score (nSPS) is 39.0. The molecule has 0 aliphatic heterocycles. The van der Waals surface area contributed by atoms with Gasteiger partial charge in [0.1, 0.15) is 0 Å². The number of unbranched alkanes of at least 4 members (excludes halogenated alkanes) is 1. The van der Waals surface area contributed by atoms with E-state index in [1.54, 1.807) is 19.3 Å². The van der Waals surface area contributed by atoms with Gasteiger partial charge in [0.25, 0.3) is 0 Å². The number of hydrogen-bond acceptors (Lipinski definition) is 0. The summed E-state index contributed by atoms with van der Waals surface area (Å²) in [6.07, 6.45) is 13.7. The number of fused-ring (bicyclic) bond motifs is 1. The van der Waals surface area contributed by atoms with E-state index < -0.39 is 0 Å². The van der Waals surface area contributed by atoms with Crippen molar-refractivity contribution in [2.45, 2.75) is 64.7 Å². The Labute approximate surface area is 83.1 Å². The Hall–Kier alpha value is 0. The van der Waals surface area contributed by atoms with Crippen molar-refractivity contribution in [1.29, 1.82) is 0 Å². The maximum Gasteiger partial charge on any atom is -0.0352 e. The molecule has 2 rings (SSSR count). The molecule has 2 fully saturated rings. The summed E-state index contributed by atoms with van der Waals surface area (Å²) in [5.41, 5.74) is 0. The Morgan fingerprint density at radius 3 is 2.08 bits per heavy atom. The van der Waals surface area contributed by atoms with Crippen LogP contribution >= 0.6 is 0 Å². The summed E-state index contributed by atoms with van der Waals surface area (Å²) in [6.45, 7) is 2.32. The van der Waals surface area contributed by atoms with Gasteiger partial charge in [-0.25, -0.2) is 0 Å². The van der Waals surface area contributed by atoms with Gasteiger partial charge in [-0.1, -0.05) is 45.4 Å². The lowest BCUT2D eigenvalue weighted by Crippen LogP contribution is -1.90. The molecule has 0 amide bonds. The summed E-state index contributed by atoms with van der Waals surface area (Å²) in [4.78, 5) is 0. The smallest absolute Gasteiger partial charge is 0.0352 e. The van der Waals surface area contributed by atoms with E-state index in [-0.39, 0.29) is 0 Å². The second-order valence-electron chi connectivity index (χ2n) is 5.13. The first kappa shape index (κ1) is 9.55. The Bertz CT molecular complexity index is 136. The van der Waals surface area contributed by atoms with Crippen LogP contribution in [0.1, 0.15) is 64.7 Å². The Balaban J connectivity index is 1.74. The summed E-state index contributed by atoms with van der Waals surface area (Å²) in [6, 6.07) is 0. The van der Waals surface area contributed by atoms with Crippen molar-refractivity contribution in [1.82, 2.24) is 0 Å². The molecular weight excluding hydrogens is 156 g/mol. The zero-order valence-corrected chi connectivity index (χ0v) is 9.10. The standard InChI is InChI=1S/C13H24/c1-2-3-8-11-12-9-6-4-5-7-10-13(11)12/h11-13H,2-10H2,1H3/t11?,12-,13+. The average Bonchev–Trinajstić information content (AvgIpc) is 2.72. The fraction of sp³-hybridized carbons (Fsp3) is 1.00. The summed E-state index contributed by atoms with van der Waals surface area (Å²) in [5.74, 6) is 3.51. The Kier molecular flexibility index (Phi) is 3.29. The van der Waals surface area contributed by atoms with E-state index in [2.05, 4.69) is 6.92 Å². The molecule has 0 saturated heterocycles. The molecule has 0 radical (unpaired) electrons. The largest absolute Gasteiger partial charge is 0.0654 e. The quantitative estimate of drug-likeness (QED) is 0.604. The molecule has 3 atom stereocenters. The lowest BCUT2D eigenvalue weighted by Gasteiger charge is -2.05. The van der Waals surface area contributed by atoms with Crippen LogP contribution in [-0.4, -0.2) is 0 Å². The molecule has 0 spiro atoms. The molecule has 76 valence electrons. The number of hydrogen-bond donors (Lipinski definition) is 0. The zero-order chi connectivity index (χ0) is 9.10. The summed E-state index contributed by atoms with van der Waals surface area (Å²) in [7, 11) is 0. The van der Waals surface area contributed by atoms with Gasteiger partial charge in [0.15, 0.2) is 0 Å². The van der Waals surface area contributed by atoms with Gasteiger partial charge in [0.05, 0.1) is 0 Å². The van der Waals surface area contributed by atoms with E-state index >= 15 is 0 Å². The van der Waals surface area contributed by atoms with Gasteiger partial charge in [0.2, 0.25) is 0 Å². The van der Waals surface area contributed by atoms with E-state index in [0.717, 1.165) is 5.92 Å². The average molecular weight is 180 g/mol.